The van der Waals surface area contributed by atoms with Crippen LogP contribution in [0.25, 0.3) is 0 Å². The molecule has 170 valence electrons. The smallest absolute Gasteiger partial charge is 0.251 e. The molecule has 7 nitrogen and oxygen atoms in total. The SMILES string of the molecule is O=C(NC(Cc1ccc(O)cc1)C(=O)Nc1ccccc1N1CCOCC1)c1ccccc1. The number of hydrogen-bond acceptors (Lipinski definition) is 5. The van der Waals surface area contributed by atoms with Crippen molar-refractivity contribution in [3.05, 3.63) is 90.0 Å². The minimum Gasteiger partial charge on any atom is -0.508 e. The fourth-order valence-electron chi connectivity index (χ4n) is 3.79. The number of ether oxygens (including phenoxy) is 1. The Balaban J connectivity index is 1.55. The second-order valence-corrected chi connectivity index (χ2v) is 7.87. The number of nitrogens with one attached hydrogen (secondary N) is 2. The number of benzene rings is 3. The van der Waals surface area contributed by atoms with Crippen LogP contribution in [0.2, 0.25) is 0 Å². The van der Waals surface area contributed by atoms with Crippen molar-refractivity contribution >= 4 is 23.2 Å². The van der Waals surface area contributed by atoms with Crippen molar-refractivity contribution in [1.82, 2.24) is 5.32 Å². The zero-order valence-corrected chi connectivity index (χ0v) is 18.2. The quantitative estimate of drug-likeness (QED) is 0.520. The highest BCUT2D eigenvalue weighted by molar-refractivity contribution is 6.02. The van der Waals surface area contributed by atoms with E-state index in [1.807, 2.05) is 30.3 Å². The standard InChI is InChI=1S/C26H27N3O4/c30-21-12-10-19(11-13-21)18-23(28-25(31)20-6-2-1-3-7-20)26(32)27-22-8-4-5-9-24(22)29-14-16-33-17-15-29/h1-13,23,30H,14-18H2,(H,27,32)(H,28,31). The summed E-state index contributed by atoms with van der Waals surface area (Å²) in [6.45, 7) is 2.76. The molecule has 33 heavy (non-hydrogen) atoms. The van der Waals surface area contributed by atoms with E-state index < -0.39 is 6.04 Å². The van der Waals surface area contributed by atoms with Crippen LogP contribution in [-0.2, 0) is 16.0 Å². The van der Waals surface area contributed by atoms with Gasteiger partial charge in [0.05, 0.1) is 24.6 Å². The van der Waals surface area contributed by atoms with Gasteiger partial charge in [0, 0.05) is 25.1 Å². The third-order valence-electron chi connectivity index (χ3n) is 5.55. The number of phenols is 1. The van der Waals surface area contributed by atoms with E-state index in [1.54, 1.807) is 48.5 Å². The molecule has 7 heteroatoms. The third-order valence-corrected chi connectivity index (χ3v) is 5.55. The topological polar surface area (TPSA) is 90.9 Å². The minimum atomic E-state index is -0.806. The molecule has 1 fully saturated rings. The largest absolute Gasteiger partial charge is 0.508 e. The molecule has 2 amide bonds. The molecule has 0 spiro atoms. The highest BCUT2D eigenvalue weighted by Gasteiger charge is 2.24. The lowest BCUT2D eigenvalue weighted by molar-refractivity contribution is -0.118. The van der Waals surface area contributed by atoms with Crippen molar-refractivity contribution in [3.63, 3.8) is 0 Å². The molecule has 1 atom stereocenters. The number of carbonyl (C=O) groups excluding carboxylic acids is 2. The predicted molar refractivity (Wildman–Crippen MR) is 128 cm³/mol. The lowest BCUT2D eigenvalue weighted by Crippen LogP contribution is -2.45. The van der Waals surface area contributed by atoms with Crippen molar-refractivity contribution in [2.75, 3.05) is 36.5 Å². The van der Waals surface area contributed by atoms with Crippen molar-refractivity contribution in [1.29, 1.82) is 0 Å². The number of hydrogen-bond donors (Lipinski definition) is 3. The maximum absolute atomic E-state index is 13.4. The van der Waals surface area contributed by atoms with Crippen LogP contribution in [-0.4, -0.2) is 49.3 Å². The first-order valence-corrected chi connectivity index (χ1v) is 11.0. The molecule has 1 saturated heterocycles. The molecule has 0 aromatic heterocycles. The van der Waals surface area contributed by atoms with Gasteiger partial charge in [-0.05, 0) is 42.0 Å². The van der Waals surface area contributed by atoms with Gasteiger partial charge in [0.1, 0.15) is 11.8 Å². The number of rotatable bonds is 7. The van der Waals surface area contributed by atoms with Crippen LogP contribution >= 0.6 is 0 Å². The molecular formula is C26H27N3O4. The first kappa shape index (κ1) is 22.4. The predicted octanol–water partition coefficient (Wildman–Crippen LogP) is 3.21. The lowest BCUT2D eigenvalue weighted by Gasteiger charge is -2.31. The molecule has 0 radical (unpaired) electrons. The lowest BCUT2D eigenvalue weighted by atomic mass is 10.0. The number of nitrogens with zero attached hydrogens (tertiary/aromatic N) is 1. The molecule has 0 saturated carbocycles. The maximum atomic E-state index is 13.4. The Kier molecular flexibility index (Phi) is 7.22. The highest BCUT2D eigenvalue weighted by Crippen LogP contribution is 2.26. The van der Waals surface area contributed by atoms with Gasteiger partial charge in [-0.25, -0.2) is 0 Å². The third kappa shape index (κ3) is 5.90. The Morgan fingerprint density at radius 1 is 0.909 bits per heavy atom. The average Bonchev–Trinajstić information content (AvgIpc) is 2.86. The molecule has 3 N–H and O–H groups in total. The van der Waals surface area contributed by atoms with Gasteiger partial charge in [0.15, 0.2) is 0 Å². The summed E-state index contributed by atoms with van der Waals surface area (Å²) in [5.41, 5.74) is 2.92. The second kappa shape index (κ2) is 10.7. The van der Waals surface area contributed by atoms with Gasteiger partial charge < -0.3 is 25.4 Å². The van der Waals surface area contributed by atoms with Crippen molar-refractivity contribution in [3.8, 4) is 5.75 Å². The van der Waals surface area contributed by atoms with Gasteiger partial charge in [-0.15, -0.1) is 0 Å². The number of aromatic hydroxyl groups is 1. The Morgan fingerprint density at radius 2 is 1.58 bits per heavy atom. The fourth-order valence-corrected chi connectivity index (χ4v) is 3.79. The van der Waals surface area contributed by atoms with Crippen LogP contribution in [0.1, 0.15) is 15.9 Å². The summed E-state index contributed by atoms with van der Waals surface area (Å²) in [6, 6.07) is 22.3. The first-order valence-electron chi connectivity index (χ1n) is 11.0. The zero-order valence-electron chi connectivity index (χ0n) is 18.2. The number of phenolic OH excluding ortho intramolecular Hbond substituents is 1. The molecule has 3 aromatic rings. The summed E-state index contributed by atoms with van der Waals surface area (Å²) < 4.78 is 5.45. The second-order valence-electron chi connectivity index (χ2n) is 7.87. The molecule has 0 bridgehead atoms. The molecule has 1 aliphatic rings. The minimum absolute atomic E-state index is 0.146. The van der Waals surface area contributed by atoms with Gasteiger partial charge >= 0.3 is 0 Å². The summed E-state index contributed by atoms with van der Waals surface area (Å²) in [7, 11) is 0. The molecule has 1 aliphatic heterocycles. The highest BCUT2D eigenvalue weighted by atomic mass is 16.5. The molecule has 0 aliphatic carbocycles. The van der Waals surface area contributed by atoms with Crippen LogP contribution in [0.3, 0.4) is 0 Å². The number of morpholine rings is 1. The Labute approximate surface area is 193 Å². The van der Waals surface area contributed by atoms with Gasteiger partial charge in [-0.3, -0.25) is 9.59 Å². The van der Waals surface area contributed by atoms with Crippen molar-refractivity contribution in [2.45, 2.75) is 12.5 Å². The monoisotopic (exact) mass is 445 g/mol. The van der Waals surface area contributed by atoms with E-state index in [4.69, 9.17) is 4.74 Å². The maximum Gasteiger partial charge on any atom is 0.251 e. The van der Waals surface area contributed by atoms with Gasteiger partial charge in [-0.1, -0.05) is 42.5 Å². The van der Waals surface area contributed by atoms with Crippen LogP contribution in [0.15, 0.2) is 78.9 Å². The van der Waals surface area contributed by atoms with Crippen LogP contribution < -0.4 is 15.5 Å². The summed E-state index contributed by atoms with van der Waals surface area (Å²) in [6.07, 6.45) is 0.282. The number of anilines is 2. The van der Waals surface area contributed by atoms with E-state index in [0.717, 1.165) is 24.3 Å². The van der Waals surface area contributed by atoms with Gasteiger partial charge in [0.25, 0.3) is 5.91 Å². The Bertz CT molecular complexity index is 1080. The van der Waals surface area contributed by atoms with Crippen molar-refractivity contribution < 1.29 is 19.4 Å². The fraction of sp³-hybridized carbons (Fsp3) is 0.231. The Hall–Kier alpha value is -3.84. The first-order chi connectivity index (χ1) is 16.1. The Morgan fingerprint density at radius 3 is 2.30 bits per heavy atom. The normalized spacial score (nSPS) is 14.4. The summed E-state index contributed by atoms with van der Waals surface area (Å²) >= 11 is 0. The molecule has 1 heterocycles. The molecular weight excluding hydrogens is 418 g/mol. The summed E-state index contributed by atoms with van der Waals surface area (Å²) in [4.78, 5) is 28.4. The van der Waals surface area contributed by atoms with Crippen molar-refractivity contribution in [2.24, 2.45) is 0 Å². The molecule has 3 aromatic carbocycles. The molecule has 4 rings (SSSR count). The van der Waals surface area contributed by atoms with E-state index in [2.05, 4.69) is 15.5 Å². The van der Waals surface area contributed by atoms with Crippen LogP contribution in [0.4, 0.5) is 11.4 Å². The van der Waals surface area contributed by atoms with Crippen LogP contribution in [0.5, 0.6) is 5.75 Å². The van der Waals surface area contributed by atoms with E-state index >= 15 is 0 Å². The average molecular weight is 446 g/mol. The molecule has 1 unspecified atom stereocenters. The van der Waals surface area contributed by atoms with E-state index in [0.29, 0.717) is 24.5 Å². The van der Waals surface area contributed by atoms with E-state index in [-0.39, 0.29) is 24.0 Å². The van der Waals surface area contributed by atoms with E-state index in [1.165, 1.54) is 0 Å². The van der Waals surface area contributed by atoms with E-state index in [9.17, 15) is 14.7 Å². The van der Waals surface area contributed by atoms with Crippen LogP contribution in [0, 0.1) is 0 Å². The van der Waals surface area contributed by atoms with Gasteiger partial charge in [-0.2, -0.15) is 0 Å². The summed E-state index contributed by atoms with van der Waals surface area (Å²) in [5.74, 6) is -0.489. The number of para-hydroxylation sites is 2. The zero-order chi connectivity index (χ0) is 23.0. The number of amides is 2. The number of carbonyl (C=O) groups is 2. The van der Waals surface area contributed by atoms with Gasteiger partial charge in [0.2, 0.25) is 5.91 Å². The summed E-state index contributed by atoms with van der Waals surface area (Å²) in [5, 5.41) is 15.5.